The zero-order chi connectivity index (χ0) is 31.4. The third-order valence-corrected chi connectivity index (χ3v) is 9.33. The fourth-order valence-corrected chi connectivity index (χ4v) is 6.70. The minimum Gasteiger partial charge on any atom is -0.390 e. The van der Waals surface area contributed by atoms with Crippen molar-refractivity contribution in [1.29, 1.82) is 0 Å². The first-order chi connectivity index (χ1) is 21.2. The summed E-state index contributed by atoms with van der Waals surface area (Å²) in [5, 5.41) is 42.4. The van der Waals surface area contributed by atoms with Crippen LogP contribution in [0.25, 0.3) is 10.9 Å². The number of nitrogens with one attached hydrogen (secondary N) is 4. The van der Waals surface area contributed by atoms with Crippen LogP contribution in [-0.4, -0.2) is 113 Å². The highest BCUT2D eigenvalue weighted by Gasteiger charge is 2.48. The molecular formula is C30H50N8O6. The molecule has 5 rings (SSSR count). The SMILES string of the molecule is NC[C@H]1O[C@H](O[C@H]2[C@@H](NCCCCCCNC(=O)C3Cc4c([nH]c5ccccc45)CN3)[C@@H](O)[C@H](N)C[C@@H]2N)[C@H](N)[C@@H](O)[C@@H]1O. The highest BCUT2D eigenvalue weighted by Crippen LogP contribution is 2.28. The molecule has 14 heteroatoms. The van der Waals surface area contributed by atoms with Gasteiger partial charge in [0.2, 0.25) is 5.91 Å². The van der Waals surface area contributed by atoms with Gasteiger partial charge in [-0.25, -0.2) is 0 Å². The van der Waals surface area contributed by atoms with E-state index in [2.05, 4.69) is 33.1 Å². The number of para-hydroxylation sites is 1. The minimum atomic E-state index is -1.28. The topological polar surface area (TPSA) is 252 Å². The van der Waals surface area contributed by atoms with Gasteiger partial charge in [0.25, 0.3) is 0 Å². The van der Waals surface area contributed by atoms with Gasteiger partial charge in [0.15, 0.2) is 6.29 Å². The molecule has 2 aromatic rings. The Bertz CT molecular complexity index is 1230. The number of aromatic nitrogens is 1. The van der Waals surface area contributed by atoms with E-state index in [1.54, 1.807) is 0 Å². The molecule has 1 unspecified atom stereocenters. The minimum absolute atomic E-state index is 0.0223. The number of carbonyl (C=O) groups is 1. The van der Waals surface area contributed by atoms with E-state index in [1.165, 1.54) is 10.9 Å². The average Bonchev–Trinajstić information content (AvgIpc) is 3.40. The number of benzene rings is 1. The summed E-state index contributed by atoms with van der Waals surface area (Å²) in [6.45, 7) is 1.82. The van der Waals surface area contributed by atoms with E-state index in [0.717, 1.165) is 36.9 Å². The third kappa shape index (κ3) is 7.26. The van der Waals surface area contributed by atoms with Crippen LogP contribution in [0, 0.1) is 0 Å². The number of nitrogens with two attached hydrogens (primary N) is 4. The predicted molar refractivity (Wildman–Crippen MR) is 165 cm³/mol. The molecule has 1 aliphatic carbocycles. The average molecular weight is 619 g/mol. The number of H-pyrrole nitrogens is 1. The maximum Gasteiger partial charge on any atom is 0.237 e. The maximum atomic E-state index is 12.8. The quantitative estimate of drug-likeness (QED) is 0.109. The molecule has 0 spiro atoms. The molecule has 1 aromatic heterocycles. The van der Waals surface area contributed by atoms with Crippen molar-refractivity contribution in [3.05, 3.63) is 35.5 Å². The largest absolute Gasteiger partial charge is 0.390 e. The van der Waals surface area contributed by atoms with E-state index in [-0.39, 0.29) is 18.5 Å². The second-order valence-electron chi connectivity index (χ2n) is 12.4. The second kappa shape index (κ2) is 14.9. The molecule has 2 aliphatic heterocycles. The van der Waals surface area contributed by atoms with Crippen LogP contribution in [0.15, 0.2) is 24.3 Å². The van der Waals surface area contributed by atoms with Crippen molar-refractivity contribution in [3.8, 4) is 0 Å². The first kappa shape index (κ1) is 33.2. The lowest BCUT2D eigenvalue weighted by molar-refractivity contribution is -0.279. The van der Waals surface area contributed by atoms with Crippen molar-refractivity contribution < 1.29 is 29.6 Å². The number of aliphatic hydroxyl groups excluding tert-OH is 3. The van der Waals surface area contributed by atoms with Crippen molar-refractivity contribution in [2.45, 2.75) is 112 Å². The predicted octanol–water partition coefficient (Wildman–Crippen LogP) is -2.65. The van der Waals surface area contributed by atoms with Gasteiger partial charge in [-0.05, 0) is 43.9 Å². The molecule has 11 atom stereocenters. The number of amides is 1. The first-order valence-electron chi connectivity index (χ1n) is 15.8. The highest BCUT2D eigenvalue weighted by molar-refractivity contribution is 5.88. The fraction of sp³-hybridized carbons (Fsp3) is 0.700. The number of fused-ring (bicyclic) bond motifs is 3. The summed E-state index contributed by atoms with van der Waals surface area (Å²) in [4.78, 5) is 16.3. The van der Waals surface area contributed by atoms with Crippen molar-refractivity contribution >= 4 is 16.8 Å². The molecular weight excluding hydrogens is 568 g/mol. The molecule has 0 bridgehead atoms. The van der Waals surface area contributed by atoms with Crippen LogP contribution in [0.4, 0.5) is 0 Å². The van der Waals surface area contributed by atoms with Crippen molar-refractivity contribution in [1.82, 2.24) is 20.9 Å². The lowest BCUT2D eigenvalue weighted by Gasteiger charge is -2.47. The first-order valence-corrected chi connectivity index (χ1v) is 15.8. The fourth-order valence-electron chi connectivity index (χ4n) is 6.70. The zero-order valence-corrected chi connectivity index (χ0v) is 25.1. The number of aliphatic hydroxyl groups is 3. The molecule has 14 nitrogen and oxygen atoms in total. The third-order valence-electron chi connectivity index (χ3n) is 9.33. The smallest absolute Gasteiger partial charge is 0.237 e. The van der Waals surface area contributed by atoms with E-state index in [1.807, 2.05) is 12.1 Å². The van der Waals surface area contributed by atoms with E-state index in [9.17, 15) is 20.1 Å². The van der Waals surface area contributed by atoms with Gasteiger partial charge >= 0.3 is 0 Å². The summed E-state index contributed by atoms with van der Waals surface area (Å²) in [5.74, 6) is 0.0223. The van der Waals surface area contributed by atoms with Gasteiger partial charge < -0.3 is 63.3 Å². The monoisotopic (exact) mass is 618 g/mol. The highest BCUT2D eigenvalue weighted by atomic mass is 16.7. The van der Waals surface area contributed by atoms with Crippen LogP contribution in [-0.2, 0) is 27.2 Å². The van der Waals surface area contributed by atoms with Crippen LogP contribution in [0.1, 0.15) is 43.4 Å². The van der Waals surface area contributed by atoms with Crippen molar-refractivity contribution in [3.63, 3.8) is 0 Å². The van der Waals surface area contributed by atoms with E-state index < -0.39 is 61.0 Å². The lowest BCUT2D eigenvalue weighted by atomic mass is 9.82. The lowest BCUT2D eigenvalue weighted by Crippen LogP contribution is -2.69. The summed E-state index contributed by atoms with van der Waals surface area (Å²) >= 11 is 0. The van der Waals surface area contributed by atoms with Crippen molar-refractivity contribution in [2.24, 2.45) is 22.9 Å². The molecule has 15 N–H and O–H groups in total. The number of aromatic amines is 1. The maximum absolute atomic E-state index is 12.8. The second-order valence-corrected chi connectivity index (χ2v) is 12.4. The van der Waals surface area contributed by atoms with Crippen LogP contribution in [0.5, 0.6) is 0 Å². The Kier molecular flexibility index (Phi) is 11.2. The van der Waals surface area contributed by atoms with Crippen LogP contribution in [0.2, 0.25) is 0 Å². The Morgan fingerprint density at radius 3 is 2.52 bits per heavy atom. The van der Waals surface area contributed by atoms with Gasteiger partial charge in [0, 0.05) is 48.3 Å². The molecule has 1 amide bonds. The Morgan fingerprint density at radius 1 is 1.00 bits per heavy atom. The number of ether oxygens (including phenoxy) is 2. The number of rotatable bonds is 12. The van der Waals surface area contributed by atoms with Gasteiger partial charge in [-0.3, -0.25) is 10.1 Å². The Labute approximate surface area is 257 Å². The normalized spacial score (nSPS) is 35.8. The van der Waals surface area contributed by atoms with Crippen LogP contribution >= 0.6 is 0 Å². The zero-order valence-electron chi connectivity index (χ0n) is 25.1. The molecule has 0 radical (unpaired) electrons. The van der Waals surface area contributed by atoms with Crippen LogP contribution < -0.4 is 38.9 Å². The molecule has 246 valence electrons. The molecule has 1 saturated carbocycles. The molecule has 1 aromatic carbocycles. The van der Waals surface area contributed by atoms with Gasteiger partial charge in [-0.2, -0.15) is 0 Å². The molecule has 2 fully saturated rings. The molecule has 44 heavy (non-hydrogen) atoms. The summed E-state index contributed by atoms with van der Waals surface area (Å²) < 4.78 is 11.9. The standard InChI is InChI=1S/C30H50N8O6/c31-13-22-26(40)27(41)23(34)30(43-22)44-28-18(33)12-17(32)25(39)24(28)35-9-5-1-2-6-10-36-29(42)20-11-16-15-7-3-4-8-19(15)38-21(16)14-37-20/h3-4,7-8,17-18,20,22-28,30,35,37-41H,1-2,5-6,9-14,31-34H2,(H,36,42)/t17-,18+,20?,22-,23-,24+,25+,26-,27-,28-,30-/m1/s1. The van der Waals surface area contributed by atoms with Gasteiger partial charge in [0.1, 0.15) is 18.3 Å². The Hall–Kier alpha value is -2.21. The van der Waals surface area contributed by atoms with Gasteiger partial charge in [-0.1, -0.05) is 31.0 Å². The van der Waals surface area contributed by atoms with E-state index in [0.29, 0.717) is 32.5 Å². The number of unbranched alkanes of at least 4 members (excludes halogenated alkanes) is 3. The summed E-state index contributed by atoms with van der Waals surface area (Å²) in [5.41, 5.74) is 27.8. The van der Waals surface area contributed by atoms with E-state index in [4.69, 9.17) is 32.4 Å². The van der Waals surface area contributed by atoms with Crippen molar-refractivity contribution in [2.75, 3.05) is 19.6 Å². The Balaban J connectivity index is 1.02. The van der Waals surface area contributed by atoms with E-state index >= 15 is 0 Å². The number of hydrogen-bond acceptors (Lipinski definition) is 12. The van der Waals surface area contributed by atoms with Crippen LogP contribution in [0.3, 0.4) is 0 Å². The Morgan fingerprint density at radius 2 is 1.75 bits per heavy atom. The summed E-state index contributed by atoms with van der Waals surface area (Å²) in [6, 6.07) is 5.31. The molecule has 1 saturated heterocycles. The molecule has 3 heterocycles. The van der Waals surface area contributed by atoms with Gasteiger partial charge in [-0.15, -0.1) is 0 Å². The summed E-state index contributed by atoms with van der Waals surface area (Å²) in [6.07, 6.45) is -1.46. The molecule has 3 aliphatic rings. The number of carbonyl (C=O) groups excluding carboxylic acids is 1. The number of hydrogen-bond donors (Lipinski definition) is 11. The summed E-state index contributed by atoms with van der Waals surface area (Å²) in [7, 11) is 0. The van der Waals surface area contributed by atoms with Gasteiger partial charge in [0.05, 0.1) is 30.3 Å².